The van der Waals surface area contributed by atoms with Gasteiger partial charge in [-0.2, -0.15) is 0 Å². The van der Waals surface area contributed by atoms with E-state index in [1.807, 2.05) is 0 Å². The predicted octanol–water partition coefficient (Wildman–Crippen LogP) is 2.65. The van der Waals surface area contributed by atoms with Crippen LogP contribution in [0.5, 0.6) is 0 Å². The number of rotatable bonds is 2. The molecule has 4 heteroatoms. The smallest absolute Gasteiger partial charge is 0.207 e. The van der Waals surface area contributed by atoms with Crippen LogP contribution in [-0.2, 0) is 9.05 Å². The van der Waals surface area contributed by atoms with E-state index in [2.05, 4.69) is 6.58 Å². The molecule has 0 atom stereocenters. The monoisotopic (exact) mass is 216 g/mol. The number of benzene rings is 1. The predicted molar refractivity (Wildman–Crippen MR) is 54.2 cm³/mol. The number of allylic oxidation sites excluding steroid dienone is 1. The SMILES string of the molecule is C=C(C)c1cccc(S(=O)(=O)Cl)c1. The zero-order valence-corrected chi connectivity index (χ0v) is 8.69. The second-order valence-corrected chi connectivity index (χ2v) is 5.31. The lowest BCUT2D eigenvalue weighted by molar-refractivity contribution is 0.609. The fourth-order valence-electron chi connectivity index (χ4n) is 0.913. The summed E-state index contributed by atoms with van der Waals surface area (Å²) in [4.78, 5) is 0.106. The van der Waals surface area contributed by atoms with Crippen LogP contribution in [0.2, 0.25) is 0 Å². The largest absolute Gasteiger partial charge is 0.261 e. The van der Waals surface area contributed by atoms with Gasteiger partial charge in [0.05, 0.1) is 4.90 Å². The second kappa shape index (κ2) is 3.52. The third-order valence-corrected chi connectivity index (χ3v) is 2.96. The van der Waals surface area contributed by atoms with Crippen LogP contribution in [0.1, 0.15) is 12.5 Å². The molecule has 2 nitrogen and oxygen atoms in total. The quantitative estimate of drug-likeness (QED) is 0.713. The zero-order chi connectivity index (χ0) is 10.1. The third-order valence-electron chi connectivity index (χ3n) is 1.61. The molecule has 0 radical (unpaired) electrons. The van der Waals surface area contributed by atoms with Gasteiger partial charge in [0.2, 0.25) is 0 Å². The molecular weight excluding hydrogens is 208 g/mol. The Morgan fingerprint density at radius 2 is 2.08 bits per heavy atom. The van der Waals surface area contributed by atoms with Crippen LogP contribution >= 0.6 is 10.7 Å². The summed E-state index contributed by atoms with van der Waals surface area (Å²) in [6.45, 7) is 5.52. The van der Waals surface area contributed by atoms with E-state index in [1.54, 1.807) is 19.1 Å². The fraction of sp³-hybridized carbons (Fsp3) is 0.111. The Balaban J connectivity index is 3.29. The molecule has 0 aliphatic carbocycles. The highest BCUT2D eigenvalue weighted by Gasteiger charge is 2.09. The minimum Gasteiger partial charge on any atom is -0.207 e. The number of hydrogen-bond donors (Lipinski definition) is 0. The van der Waals surface area contributed by atoms with Crippen molar-refractivity contribution >= 4 is 25.3 Å². The van der Waals surface area contributed by atoms with Crippen LogP contribution in [0, 0.1) is 0 Å². The summed E-state index contributed by atoms with van der Waals surface area (Å²) in [6.07, 6.45) is 0. The molecule has 0 unspecified atom stereocenters. The van der Waals surface area contributed by atoms with Crippen LogP contribution in [0.4, 0.5) is 0 Å². The van der Waals surface area contributed by atoms with Gasteiger partial charge in [-0.15, -0.1) is 0 Å². The van der Waals surface area contributed by atoms with E-state index >= 15 is 0 Å². The summed E-state index contributed by atoms with van der Waals surface area (Å²) in [5.41, 5.74) is 1.59. The molecule has 0 heterocycles. The highest BCUT2D eigenvalue weighted by atomic mass is 35.7. The summed E-state index contributed by atoms with van der Waals surface area (Å²) >= 11 is 0. The van der Waals surface area contributed by atoms with E-state index in [0.717, 1.165) is 11.1 Å². The maximum absolute atomic E-state index is 10.9. The van der Waals surface area contributed by atoms with Crippen LogP contribution in [0.3, 0.4) is 0 Å². The van der Waals surface area contributed by atoms with Gasteiger partial charge in [-0.3, -0.25) is 0 Å². The van der Waals surface area contributed by atoms with E-state index in [1.165, 1.54) is 12.1 Å². The molecule has 0 amide bonds. The lowest BCUT2D eigenvalue weighted by Gasteiger charge is -2.01. The Kier molecular flexibility index (Phi) is 2.78. The minimum absolute atomic E-state index is 0.106. The second-order valence-electron chi connectivity index (χ2n) is 2.75. The van der Waals surface area contributed by atoms with Gasteiger partial charge >= 0.3 is 0 Å². The Hall–Kier alpha value is -0.800. The first kappa shape index (κ1) is 10.3. The molecule has 0 aromatic heterocycles. The van der Waals surface area contributed by atoms with Gasteiger partial charge in [0.25, 0.3) is 9.05 Å². The fourth-order valence-corrected chi connectivity index (χ4v) is 1.71. The van der Waals surface area contributed by atoms with Crippen molar-refractivity contribution < 1.29 is 8.42 Å². The van der Waals surface area contributed by atoms with Gasteiger partial charge in [0.15, 0.2) is 0 Å². The molecule has 1 aromatic rings. The molecule has 70 valence electrons. The average Bonchev–Trinajstić information content (AvgIpc) is 2.03. The average molecular weight is 217 g/mol. The Morgan fingerprint density at radius 3 is 2.54 bits per heavy atom. The highest BCUT2D eigenvalue weighted by molar-refractivity contribution is 8.13. The Bertz CT molecular complexity index is 435. The zero-order valence-electron chi connectivity index (χ0n) is 7.12. The molecule has 1 aromatic carbocycles. The number of hydrogen-bond acceptors (Lipinski definition) is 2. The van der Waals surface area contributed by atoms with Gasteiger partial charge in [-0.25, -0.2) is 8.42 Å². The first-order valence-electron chi connectivity index (χ1n) is 3.62. The summed E-state index contributed by atoms with van der Waals surface area (Å²) in [6, 6.07) is 6.38. The van der Waals surface area contributed by atoms with Crippen molar-refractivity contribution in [3.63, 3.8) is 0 Å². The van der Waals surface area contributed by atoms with Crippen molar-refractivity contribution in [2.24, 2.45) is 0 Å². The standard InChI is InChI=1S/C9H9ClO2S/c1-7(2)8-4-3-5-9(6-8)13(10,11)12/h3-6H,1H2,2H3. The van der Waals surface area contributed by atoms with Crippen LogP contribution < -0.4 is 0 Å². The first-order valence-corrected chi connectivity index (χ1v) is 5.93. The summed E-state index contributed by atoms with van der Waals surface area (Å²) < 4.78 is 21.9. The lowest BCUT2D eigenvalue weighted by Crippen LogP contribution is -1.91. The van der Waals surface area contributed by atoms with Crippen molar-refractivity contribution in [3.05, 3.63) is 36.4 Å². The topological polar surface area (TPSA) is 34.1 Å². The van der Waals surface area contributed by atoms with Crippen LogP contribution in [-0.4, -0.2) is 8.42 Å². The van der Waals surface area contributed by atoms with Gasteiger partial charge in [0, 0.05) is 10.7 Å². The van der Waals surface area contributed by atoms with E-state index in [9.17, 15) is 8.42 Å². The normalized spacial score (nSPS) is 11.2. The van der Waals surface area contributed by atoms with E-state index in [0.29, 0.717) is 0 Å². The van der Waals surface area contributed by atoms with Crippen molar-refractivity contribution in [3.8, 4) is 0 Å². The molecule has 0 N–H and O–H groups in total. The van der Waals surface area contributed by atoms with Crippen molar-refractivity contribution in [1.29, 1.82) is 0 Å². The molecular formula is C9H9ClO2S. The van der Waals surface area contributed by atoms with Crippen LogP contribution in [0.25, 0.3) is 5.57 Å². The van der Waals surface area contributed by atoms with Crippen molar-refractivity contribution in [1.82, 2.24) is 0 Å². The first-order chi connectivity index (χ1) is 5.91. The summed E-state index contributed by atoms with van der Waals surface area (Å²) in [5, 5.41) is 0. The number of halogens is 1. The molecule has 0 saturated heterocycles. The molecule has 0 saturated carbocycles. The van der Waals surface area contributed by atoms with E-state index in [-0.39, 0.29) is 4.90 Å². The maximum atomic E-state index is 10.9. The van der Waals surface area contributed by atoms with Crippen molar-refractivity contribution in [2.45, 2.75) is 11.8 Å². The van der Waals surface area contributed by atoms with E-state index in [4.69, 9.17) is 10.7 Å². The molecule has 0 spiro atoms. The van der Waals surface area contributed by atoms with Crippen molar-refractivity contribution in [2.75, 3.05) is 0 Å². The molecule has 0 aliphatic rings. The van der Waals surface area contributed by atoms with Gasteiger partial charge in [-0.05, 0) is 24.6 Å². The van der Waals surface area contributed by atoms with Gasteiger partial charge in [0.1, 0.15) is 0 Å². The molecule has 0 bridgehead atoms. The third kappa shape index (κ3) is 2.57. The van der Waals surface area contributed by atoms with Gasteiger partial charge < -0.3 is 0 Å². The Morgan fingerprint density at radius 1 is 1.46 bits per heavy atom. The summed E-state index contributed by atoms with van der Waals surface area (Å²) in [7, 11) is 1.55. The molecule has 1 rings (SSSR count). The highest BCUT2D eigenvalue weighted by Crippen LogP contribution is 2.19. The van der Waals surface area contributed by atoms with E-state index < -0.39 is 9.05 Å². The lowest BCUT2D eigenvalue weighted by atomic mass is 10.1. The van der Waals surface area contributed by atoms with Crippen LogP contribution in [0.15, 0.2) is 35.7 Å². The summed E-state index contributed by atoms with van der Waals surface area (Å²) in [5.74, 6) is 0. The Labute approximate surface area is 82.3 Å². The molecule has 0 fully saturated rings. The van der Waals surface area contributed by atoms with Gasteiger partial charge in [-0.1, -0.05) is 24.3 Å². The molecule has 0 aliphatic heterocycles. The molecule has 13 heavy (non-hydrogen) atoms. The maximum Gasteiger partial charge on any atom is 0.261 e. The minimum atomic E-state index is -3.63.